The van der Waals surface area contributed by atoms with Crippen molar-refractivity contribution < 1.29 is 14.7 Å². The zero-order valence-corrected chi connectivity index (χ0v) is 9.83. The molecule has 0 heterocycles. The number of likely N-dealkylation sites (N-methyl/N-ethyl adjacent to an activating group) is 1. The van der Waals surface area contributed by atoms with Crippen molar-refractivity contribution in [3.63, 3.8) is 0 Å². The molecule has 0 aliphatic carbocycles. The lowest BCUT2D eigenvalue weighted by Gasteiger charge is -2.21. The van der Waals surface area contributed by atoms with E-state index in [1.54, 1.807) is 4.90 Å². The maximum atomic E-state index is 11.5. The lowest BCUT2D eigenvalue weighted by molar-refractivity contribution is -0.139. The average molecular weight is 216 g/mol. The Kier molecular flexibility index (Phi) is 5.28. The summed E-state index contributed by atoms with van der Waals surface area (Å²) >= 11 is 0. The van der Waals surface area contributed by atoms with Crippen molar-refractivity contribution in [2.75, 3.05) is 19.6 Å². The highest BCUT2D eigenvalue weighted by Crippen LogP contribution is 1.99. The maximum absolute atomic E-state index is 11.5. The largest absolute Gasteiger partial charge is 0.381 e. The minimum Gasteiger partial charge on any atom is -0.381 e. The first-order valence-electron chi connectivity index (χ1n) is 5.11. The van der Waals surface area contributed by atoms with Gasteiger partial charge in [-0.3, -0.25) is 9.59 Å². The summed E-state index contributed by atoms with van der Waals surface area (Å²) in [6, 6.07) is 0. The molecule has 0 saturated heterocycles. The van der Waals surface area contributed by atoms with E-state index in [9.17, 15) is 14.7 Å². The van der Waals surface area contributed by atoms with Gasteiger partial charge in [0.25, 0.3) is 5.91 Å². The summed E-state index contributed by atoms with van der Waals surface area (Å²) in [7, 11) is 0. The van der Waals surface area contributed by atoms with Gasteiger partial charge in [0.1, 0.15) is 5.60 Å². The standard InChI is InChI=1S/C10H20N2O3/c1-5-12(6-2)8(13)7-11-9(14)10(3,4)15/h15H,5-7H2,1-4H3,(H,11,14). The SMILES string of the molecule is CCN(CC)C(=O)CNC(=O)C(C)(C)O. The summed E-state index contributed by atoms with van der Waals surface area (Å²) < 4.78 is 0. The number of carbonyl (C=O) groups is 2. The van der Waals surface area contributed by atoms with Crippen LogP contribution in [-0.2, 0) is 9.59 Å². The molecule has 2 N–H and O–H groups in total. The van der Waals surface area contributed by atoms with E-state index >= 15 is 0 Å². The third-order valence-electron chi connectivity index (χ3n) is 2.07. The zero-order chi connectivity index (χ0) is 12.1. The Bertz CT molecular complexity index is 229. The lowest BCUT2D eigenvalue weighted by atomic mass is 10.1. The molecule has 0 rings (SSSR count). The van der Waals surface area contributed by atoms with Gasteiger partial charge in [0.15, 0.2) is 0 Å². The van der Waals surface area contributed by atoms with Crippen molar-refractivity contribution >= 4 is 11.8 Å². The van der Waals surface area contributed by atoms with E-state index in [1.807, 2.05) is 13.8 Å². The van der Waals surface area contributed by atoms with Crippen molar-refractivity contribution in [1.29, 1.82) is 0 Å². The lowest BCUT2D eigenvalue weighted by Crippen LogP contribution is -2.47. The molecule has 0 aliphatic rings. The third-order valence-corrected chi connectivity index (χ3v) is 2.07. The highest BCUT2D eigenvalue weighted by atomic mass is 16.3. The summed E-state index contributed by atoms with van der Waals surface area (Å²) in [4.78, 5) is 24.3. The molecule has 0 atom stereocenters. The number of hydrogen-bond donors (Lipinski definition) is 2. The Labute approximate surface area is 90.5 Å². The number of aliphatic hydroxyl groups is 1. The van der Waals surface area contributed by atoms with E-state index in [0.717, 1.165) is 0 Å². The van der Waals surface area contributed by atoms with Gasteiger partial charge in [-0.15, -0.1) is 0 Å². The first kappa shape index (κ1) is 13.9. The molecular formula is C10H20N2O3. The predicted octanol–water partition coefficient (Wildman–Crippen LogP) is -0.258. The molecule has 0 aliphatic heterocycles. The highest BCUT2D eigenvalue weighted by Gasteiger charge is 2.24. The predicted molar refractivity (Wildman–Crippen MR) is 57.2 cm³/mol. The number of carbonyl (C=O) groups excluding carboxylic acids is 2. The summed E-state index contributed by atoms with van der Waals surface area (Å²) in [5.74, 6) is -0.680. The number of nitrogens with zero attached hydrogens (tertiary/aromatic N) is 1. The van der Waals surface area contributed by atoms with E-state index in [0.29, 0.717) is 13.1 Å². The quantitative estimate of drug-likeness (QED) is 0.665. The highest BCUT2D eigenvalue weighted by molar-refractivity contribution is 5.88. The third kappa shape index (κ3) is 4.78. The Hall–Kier alpha value is -1.10. The van der Waals surface area contributed by atoms with Crippen molar-refractivity contribution in [2.24, 2.45) is 0 Å². The molecule has 2 amide bonds. The van der Waals surface area contributed by atoms with E-state index in [1.165, 1.54) is 13.8 Å². The second-order valence-electron chi connectivity index (χ2n) is 3.81. The molecule has 0 saturated carbocycles. The smallest absolute Gasteiger partial charge is 0.251 e. The van der Waals surface area contributed by atoms with Crippen LogP contribution in [0.4, 0.5) is 0 Å². The van der Waals surface area contributed by atoms with Gasteiger partial charge in [0.05, 0.1) is 6.54 Å². The number of hydrogen-bond acceptors (Lipinski definition) is 3. The first-order chi connectivity index (χ1) is 6.82. The minimum atomic E-state index is -1.44. The van der Waals surface area contributed by atoms with Crippen LogP contribution in [0.5, 0.6) is 0 Å². The molecule has 0 aromatic carbocycles. The normalized spacial score (nSPS) is 11.0. The van der Waals surface area contributed by atoms with Gasteiger partial charge in [0.2, 0.25) is 5.91 Å². The van der Waals surface area contributed by atoms with Crippen LogP contribution in [0.3, 0.4) is 0 Å². The van der Waals surface area contributed by atoms with E-state index < -0.39 is 11.5 Å². The van der Waals surface area contributed by atoms with Gasteiger partial charge in [0, 0.05) is 13.1 Å². The van der Waals surface area contributed by atoms with Crippen LogP contribution in [-0.4, -0.2) is 47.1 Å². The maximum Gasteiger partial charge on any atom is 0.251 e. The van der Waals surface area contributed by atoms with Gasteiger partial charge >= 0.3 is 0 Å². The van der Waals surface area contributed by atoms with Crippen molar-refractivity contribution in [1.82, 2.24) is 10.2 Å². The fraction of sp³-hybridized carbons (Fsp3) is 0.800. The number of nitrogens with one attached hydrogen (secondary N) is 1. The summed E-state index contributed by atoms with van der Waals surface area (Å²) in [6.07, 6.45) is 0. The van der Waals surface area contributed by atoms with E-state index in [2.05, 4.69) is 5.32 Å². The van der Waals surface area contributed by atoms with Crippen LogP contribution in [0.25, 0.3) is 0 Å². The van der Waals surface area contributed by atoms with Gasteiger partial charge in [-0.1, -0.05) is 0 Å². The molecule has 5 nitrogen and oxygen atoms in total. The van der Waals surface area contributed by atoms with Crippen LogP contribution in [0.2, 0.25) is 0 Å². The van der Waals surface area contributed by atoms with Gasteiger partial charge < -0.3 is 15.3 Å². The van der Waals surface area contributed by atoms with Gasteiger partial charge in [-0.25, -0.2) is 0 Å². The molecular weight excluding hydrogens is 196 g/mol. The Morgan fingerprint density at radius 3 is 2.07 bits per heavy atom. The molecule has 0 bridgehead atoms. The van der Waals surface area contributed by atoms with Gasteiger partial charge in [-0.2, -0.15) is 0 Å². The average Bonchev–Trinajstić information content (AvgIpc) is 2.14. The summed E-state index contributed by atoms with van der Waals surface area (Å²) in [5, 5.41) is 11.7. The summed E-state index contributed by atoms with van der Waals surface area (Å²) in [5.41, 5.74) is -1.44. The fourth-order valence-electron chi connectivity index (χ4n) is 1.06. The molecule has 0 unspecified atom stereocenters. The molecule has 0 aromatic heterocycles. The number of rotatable bonds is 5. The fourth-order valence-corrected chi connectivity index (χ4v) is 1.06. The molecule has 0 fully saturated rings. The molecule has 88 valence electrons. The van der Waals surface area contributed by atoms with Crippen LogP contribution >= 0.6 is 0 Å². The summed E-state index contributed by atoms with van der Waals surface area (Å²) in [6.45, 7) is 7.68. The minimum absolute atomic E-state index is 0.0650. The Morgan fingerprint density at radius 1 is 1.27 bits per heavy atom. The molecule has 15 heavy (non-hydrogen) atoms. The number of amides is 2. The monoisotopic (exact) mass is 216 g/mol. The second kappa shape index (κ2) is 5.70. The van der Waals surface area contributed by atoms with Crippen LogP contribution in [0, 0.1) is 0 Å². The van der Waals surface area contributed by atoms with Crippen molar-refractivity contribution in [3.05, 3.63) is 0 Å². The zero-order valence-electron chi connectivity index (χ0n) is 9.83. The van der Waals surface area contributed by atoms with Crippen LogP contribution in [0.15, 0.2) is 0 Å². The Morgan fingerprint density at radius 2 is 1.73 bits per heavy atom. The van der Waals surface area contributed by atoms with E-state index in [-0.39, 0.29) is 12.5 Å². The second-order valence-corrected chi connectivity index (χ2v) is 3.81. The molecule has 0 radical (unpaired) electrons. The Balaban J connectivity index is 4.06. The van der Waals surface area contributed by atoms with Crippen molar-refractivity contribution in [2.45, 2.75) is 33.3 Å². The topological polar surface area (TPSA) is 69.6 Å². The van der Waals surface area contributed by atoms with Crippen LogP contribution < -0.4 is 5.32 Å². The van der Waals surface area contributed by atoms with E-state index in [4.69, 9.17) is 0 Å². The van der Waals surface area contributed by atoms with Crippen molar-refractivity contribution in [3.8, 4) is 0 Å². The van der Waals surface area contributed by atoms with Crippen LogP contribution in [0.1, 0.15) is 27.7 Å². The van der Waals surface area contributed by atoms with Gasteiger partial charge in [-0.05, 0) is 27.7 Å². The molecule has 5 heteroatoms. The first-order valence-corrected chi connectivity index (χ1v) is 5.11. The molecule has 0 spiro atoms. The molecule has 0 aromatic rings.